The Morgan fingerprint density at radius 1 is 1.14 bits per heavy atom. The Labute approximate surface area is 69.5 Å². The first-order valence-corrected chi connectivity index (χ1v) is 2.00. The first kappa shape index (κ1) is 15.7. The van der Waals surface area contributed by atoms with Crippen LogP contribution in [0.3, 0.4) is 0 Å². The zero-order valence-electron chi connectivity index (χ0n) is 3.05. The van der Waals surface area contributed by atoms with Crippen LogP contribution in [-0.2, 0) is 52.3 Å². The van der Waals surface area contributed by atoms with Gasteiger partial charge >= 0.3 is 41.9 Å². The zero-order valence-corrected chi connectivity index (χ0v) is 8.32. The molecule has 4 nitrogen and oxygen atoms in total. The van der Waals surface area contributed by atoms with E-state index in [1.165, 1.54) is 0 Å². The zero-order chi connectivity index (χ0) is 4.50. The van der Waals surface area contributed by atoms with Crippen LogP contribution in [0.5, 0.6) is 0 Å². The predicted octanol–water partition coefficient (Wildman–Crippen LogP) is -1.34. The van der Waals surface area contributed by atoms with Crippen LogP contribution in [0.2, 0.25) is 0 Å². The molecule has 0 saturated carbocycles. The summed E-state index contributed by atoms with van der Waals surface area (Å²) < 4.78 is 34.1. The van der Waals surface area contributed by atoms with Crippen molar-refractivity contribution in [3.8, 4) is 0 Å². The summed E-state index contributed by atoms with van der Waals surface area (Å²) in [6.45, 7) is 0. The van der Waals surface area contributed by atoms with Crippen molar-refractivity contribution in [2.75, 3.05) is 0 Å². The second-order valence-electron chi connectivity index (χ2n) is 0.408. The van der Waals surface area contributed by atoms with Gasteiger partial charge in [-0.15, -0.1) is 0 Å². The summed E-state index contributed by atoms with van der Waals surface area (Å²) in [7, 11) is -5.17. The molecule has 0 N–H and O–H groups in total. The molecule has 0 amide bonds. The van der Waals surface area contributed by atoms with E-state index < -0.39 is 10.4 Å². The molecule has 0 radical (unpaired) electrons. The second kappa shape index (κ2) is 5.37. The minimum Gasteiger partial charge on any atom is -0.759 e. The van der Waals surface area contributed by atoms with Gasteiger partial charge in [-0.3, -0.25) is 8.42 Å². The molecule has 0 heterocycles. The van der Waals surface area contributed by atoms with E-state index in [1.807, 2.05) is 0 Å². The summed E-state index contributed by atoms with van der Waals surface area (Å²) in [4.78, 5) is 0. The predicted molar refractivity (Wildman–Crippen MR) is 10.5 cm³/mol. The SMILES string of the molecule is O=S(=O)([O-])[O-].[Ag+].[Zn+2]. The minimum atomic E-state index is -5.17. The number of rotatable bonds is 0. The van der Waals surface area contributed by atoms with Crippen LogP contribution in [0.25, 0.3) is 0 Å². The van der Waals surface area contributed by atoms with Crippen LogP contribution in [0.1, 0.15) is 0 Å². The molecule has 42 valence electrons. The molecule has 7 heavy (non-hydrogen) atoms. The molecule has 0 saturated heterocycles. The van der Waals surface area contributed by atoms with Gasteiger partial charge in [0.1, 0.15) is 0 Å². The fourth-order valence-electron chi connectivity index (χ4n) is 0. The summed E-state index contributed by atoms with van der Waals surface area (Å²) in [6.07, 6.45) is 0. The van der Waals surface area contributed by atoms with Crippen LogP contribution >= 0.6 is 0 Å². The molecule has 0 bridgehead atoms. The Morgan fingerprint density at radius 2 is 1.14 bits per heavy atom. The summed E-state index contributed by atoms with van der Waals surface area (Å²) in [5.41, 5.74) is 0. The van der Waals surface area contributed by atoms with Crippen molar-refractivity contribution in [1.82, 2.24) is 0 Å². The third-order valence-electron chi connectivity index (χ3n) is 0. The van der Waals surface area contributed by atoms with Gasteiger partial charge in [0.05, 0.1) is 0 Å². The van der Waals surface area contributed by atoms with Gasteiger partial charge in [0.15, 0.2) is 0 Å². The third kappa shape index (κ3) is 130. The van der Waals surface area contributed by atoms with E-state index in [4.69, 9.17) is 17.5 Å². The molecule has 0 rings (SSSR count). The molecule has 7 heteroatoms. The first-order chi connectivity index (χ1) is 2.00. The Bertz CT molecular complexity index is 94.9. The standard InChI is InChI=1S/Ag.H2O4S.Zn/c;1-5(2,3)4;/h;(H2,1,2,3,4);/q+1;;+2/p-2. The minimum absolute atomic E-state index is 0. The van der Waals surface area contributed by atoms with Crippen molar-refractivity contribution in [1.29, 1.82) is 0 Å². The maximum absolute atomic E-state index is 8.52. The number of hydrogen-bond donors (Lipinski definition) is 0. The van der Waals surface area contributed by atoms with Crippen LogP contribution in [-0.4, -0.2) is 17.5 Å². The summed E-state index contributed by atoms with van der Waals surface area (Å²) in [6, 6.07) is 0. The second-order valence-corrected chi connectivity index (χ2v) is 1.22. The van der Waals surface area contributed by atoms with Crippen LogP contribution < -0.4 is 0 Å². The van der Waals surface area contributed by atoms with Crippen LogP contribution in [0.4, 0.5) is 0 Å². The molecule has 0 aliphatic carbocycles. The number of hydrogen-bond acceptors (Lipinski definition) is 4. The van der Waals surface area contributed by atoms with Gasteiger partial charge in [-0.2, -0.15) is 0 Å². The molecule has 0 aromatic carbocycles. The van der Waals surface area contributed by atoms with E-state index in [1.54, 1.807) is 0 Å². The fourth-order valence-corrected chi connectivity index (χ4v) is 0. The van der Waals surface area contributed by atoms with Crippen molar-refractivity contribution in [3.63, 3.8) is 0 Å². The Morgan fingerprint density at radius 3 is 1.14 bits per heavy atom. The first-order valence-electron chi connectivity index (χ1n) is 0.667. The van der Waals surface area contributed by atoms with Gasteiger partial charge in [0.25, 0.3) is 0 Å². The average Bonchev–Trinajstić information content (AvgIpc) is 0.722. The van der Waals surface area contributed by atoms with E-state index in [0.717, 1.165) is 0 Å². The van der Waals surface area contributed by atoms with Gasteiger partial charge in [-0.05, 0) is 0 Å². The van der Waals surface area contributed by atoms with Crippen LogP contribution in [0, 0.1) is 0 Å². The largest absolute Gasteiger partial charge is 2.00 e. The molecular formula is AgO4SZn+. The molecule has 0 aromatic heterocycles. The summed E-state index contributed by atoms with van der Waals surface area (Å²) >= 11 is 0. The average molecular weight is 269 g/mol. The van der Waals surface area contributed by atoms with E-state index in [2.05, 4.69) is 0 Å². The molecule has 0 aliphatic heterocycles. The fraction of sp³-hybridized carbons (Fsp3) is 0. The van der Waals surface area contributed by atoms with E-state index in [-0.39, 0.29) is 41.9 Å². The van der Waals surface area contributed by atoms with Crippen molar-refractivity contribution >= 4 is 10.4 Å². The molecule has 0 atom stereocenters. The Kier molecular flexibility index (Phi) is 12.1. The van der Waals surface area contributed by atoms with Gasteiger partial charge in [0.2, 0.25) is 0 Å². The van der Waals surface area contributed by atoms with E-state index >= 15 is 0 Å². The molecule has 0 fully saturated rings. The molecule has 0 unspecified atom stereocenters. The van der Waals surface area contributed by atoms with E-state index in [0.29, 0.717) is 0 Å². The Hall–Kier alpha value is 1.23. The van der Waals surface area contributed by atoms with Crippen molar-refractivity contribution in [3.05, 3.63) is 0 Å². The van der Waals surface area contributed by atoms with Gasteiger partial charge in [0, 0.05) is 10.4 Å². The summed E-state index contributed by atoms with van der Waals surface area (Å²) in [5, 5.41) is 0. The monoisotopic (exact) mass is 267 g/mol. The summed E-state index contributed by atoms with van der Waals surface area (Å²) in [5.74, 6) is 0. The van der Waals surface area contributed by atoms with Gasteiger partial charge in [-0.1, -0.05) is 0 Å². The van der Waals surface area contributed by atoms with Gasteiger partial charge < -0.3 is 9.11 Å². The Balaban J connectivity index is -0.0000000800. The maximum atomic E-state index is 8.52. The van der Waals surface area contributed by atoms with Crippen LogP contribution in [0.15, 0.2) is 0 Å². The molecule has 0 aromatic rings. The molecular weight excluding hydrogens is 269 g/mol. The van der Waals surface area contributed by atoms with Gasteiger partial charge in [-0.25, -0.2) is 0 Å². The van der Waals surface area contributed by atoms with Crippen molar-refractivity contribution in [2.24, 2.45) is 0 Å². The topological polar surface area (TPSA) is 80.3 Å². The molecule has 0 spiro atoms. The third-order valence-corrected chi connectivity index (χ3v) is 0. The normalized spacial score (nSPS) is 8.29. The molecule has 0 aliphatic rings. The van der Waals surface area contributed by atoms with E-state index in [9.17, 15) is 0 Å². The smallest absolute Gasteiger partial charge is 0.759 e. The quantitative estimate of drug-likeness (QED) is 0.309. The van der Waals surface area contributed by atoms with Crippen molar-refractivity contribution in [2.45, 2.75) is 0 Å². The van der Waals surface area contributed by atoms with Crippen molar-refractivity contribution < 1.29 is 59.4 Å². The maximum Gasteiger partial charge on any atom is 2.00 e.